The van der Waals surface area contributed by atoms with Crippen LogP contribution in [0.3, 0.4) is 0 Å². The van der Waals surface area contributed by atoms with Gasteiger partial charge in [-0.3, -0.25) is 0 Å². The summed E-state index contributed by atoms with van der Waals surface area (Å²) in [5, 5.41) is 0. The molecule has 5 nitrogen and oxygen atoms in total. The summed E-state index contributed by atoms with van der Waals surface area (Å²) in [6, 6.07) is 0. The molecule has 0 aliphatic carbocycles. The van der Waals surface area contributed by atoms with Crippen molar-refractivity contribution in [3.8, 4) is 0 Å². The number of alkyl halides is 4. The first-order chi connectivity index (χ1) is 6.02. The van der Waals surface area contributed by atoms with Crippen LogP contribution in [0.5, 0.6) is 0 Å². The Kier molecular flexibility index (Phi) is 2.32. The van der Waals surface area contributed by atoms with Crippen molar-refractivity contribution in [1.29, 1.82) is 0 Å². The molecule has 2 unspecified atom stereocenters. The first-order valence-corrected chi connectivity index (χ1v) is 6.03. The fourth-order valence-electron chi connectivity index (χ4n) is 0.763. The third-order valence-electron chi connectivity index (χ3n) is 1.38. The summed E-state index contributed by atoms with van der Waals surface area (Å²) in [6.45, 7) is 0. The first kappa shape index (κ1) is 11.7. The van der Waals surface area contributed by atoms with Crippen LogP contribution in [-0.4, -0.2) is 33.8 Å². The average molecular weight is 257 g/mol. The summed E-state index contributed by atoms with van der Waals surface area (Å²) < 4.78 is 92.0. The lowest BCUT2D eigenvalue weighted by molar-refractivity contribution is -0.0769. The zero-order valence-electron chi connectivity index (χ0n) is 6.12. The molecule has 0 aromatic carbocycles. The van der Waals surface area contributed by atoms with Crippen molar-refractivity contribution in [3.05, 3.63) is 0 Å². The fraction of sp³-hybridized carbons (Fsp3) is 1.00. The topological polar surface area (TPSA) is 80.3 Å². The van der Waals surface area contributed by atoms with Gasteiger partial charge in [-0.05, 0) is 0 Å². The summed E-state index contributed by atoms with van der Waals surface area (Å²) in [6.07, 6.45) is 0. The number of rotatable bonds is 0. The van der Waals surface area contributed by atoms with E-state index in [1.807, 2.05) is 0 Å². The average Bonchev–Trinajstić information content (AvgIpc) is 1.97. The minimum absolute atomic E-state index is 0.502. The number of sulfonamides is 2. The van der Waals surface area contributed by atoms with Crippen LogP contribution in [0.25, 0.3) is 0 Å². The number of hydrogen-bond acceptors (Lipinski definition) is 4. The quantitative estimate of drug-likeness (QED) is 0.592. The van der Waals surface area contributed by atoms with Gasteiger partial charge in [-0.2, -0.15) is 8.78 Å². The predicted molar refractivity (Wildman–Crippen MR) is 35.7 cm³/mol. The zero-order chi connectivity index (χ0) is 11.4. The molecule has 1 N–H and O–H groups in total. The Labute approximate surface area is 76.2 Å². The monoisotopic (exact) mass is 257 g/mol. The Morgan fingerprint density at radius 1 is 0.929 bits per heavy atom. The molecule has 0 bridgehead atoms. The van der Waals surface area contributed by atoms with Crippen molar-refractivity contribution in [1.82, 2.24) is 4.13 Å². The van der Waals surface area contributed by atoms with Gasteiger partial charge in [0.1, 0.15) is 0 Å². The number of hydrogen-bond donors (Lipinski definition) is 1. The van der Waals surface area contributed by atoms with Crippen LogP contribution >= 0.6 is 0 Å². The largest absolute Gasteiger partial charge is 0.340 e. The van der Waals surface area contributed by atoms with E-state index < -0.39 is 37.0 Å². The third kappa shape index (κ3) is 1.48. The second kappa shape index (κ2) is 2.79. The van der Waals surface area contributed by atoms with Crippen LogP contribution in [0.1, 0.15) is 0 Å². The maximum absolute atomic E-state index is 12.4. The van der Waals surface area contributed by atoms with Gasteiger partial charge in [-0.25, -0.2) is 25.6 Å². The molecule has 2 atom stereocenters. The van der Waals surface area contributed by atoms with E-state index in [0.717, 1.165) is 0 Å². The summed E-state index contributed by atoms with van der Waals surface area (Å²) in [7, 11) is -10.8. The Morgan fingerprint density at radius 2 is 1.21 bits per heavy atom. The summed E-state index contributed by atoms with van der Waals surface area (Å²) in [4.78, 5) is 0. The molecule has 0 aromatic rings. The Hall–Kier alpha value is -0.420. The van der Waals surface area contributed by atoms with Gasteiger partial charge < -0.3 is 0 Å². The zero-order valence-corrected chi connectivity index (χ0v) is 7.75. The second-order valence-electron chi connectivity index (χ2n) is 2.48. The molecule has 1 fully saturated rings. The lowest BCUT2D eigenvalue weighted by atomic mass is 10.4. The van der Waals surface area contributed by atoms with Crippen LogP contribution in [0.2, 0.25) is 0 Å². The van der Waals surface area contributed by atoms with Crippen LogP contribution in [0, 0.1) is 0 Å². The van der Waals surface area contributed by atoms with E-state index in [0.29, 0.717) is 4.13 Å². The van der Waals surface area contributed by atoms with Gasteiger partial charge in [-0.1, -0.05) is 0 Å². The van der Waals surface area contributed by atoms with Crippen molar-refractivity contribution >= 4 is 20.0 Å². The highest BCUT2D eigenvalue weighted by Crippen LogP contribution is 2.37. The van der Waals surface area contributed by atoms with Crippen LogP contribution in [0.15, 0.2) is 0 Å². The molecule has 0 radical (unpaired) electrons. The van der Waals surface area contributed by atoms with E-state index >= 15 is 0 Å². The van der Waals surface area contributed by atoms with E-state index in [1.165, 1.54) is 0 Å². The molecule has 0 saturated carbocycles. The highest BCUT2D eigenvalue weighted by molar-refractivity contribution is 8.05. The SMILES string of the molecule is O=S1(=O)NS(=O)(=O)C(F)C(F)(F)C1F. The number of nitrogens with one attached hydrogen (secondary N) is 1. The molecule has 11 heteroatoms. The number of halogens is 4. The summed E-state index contributed by atoms with van der Waals surface area (Å²) >= 11 is 0. The lowest BCUT2D eigenvalue weighted by Crippen LogP contribution is -2.60. The molecule has 84 valence electrons. The van der Waals surface area contributed by atoms with E-state index in [-0.39, 0.29) is 0 Å². The normalized spacial score (nSPS) is 39.1. The Bertz CT molecular complexity index is 401. The molecule has 1 aliphatic rings. The Balaban J connectivity index is 3.39. The molecule has 1 saturated heterocycles. The summed E-state index contributed by atoms with van der Waals surface area (Å²) in [5.41, 5.74) is -7.85. The van der Waals surface area contributed by atoms with Crippen molar-refractivity contribution in [2.75, 3.05) is 0 Å². The first-order valence-electron chi connectivity index (χ1n) is 2.94. The van der Waals surface area contributed by atoms with Gasteiger partial charge >= 0.3 is 5.92 Å². The minimum Gasteiger partial charge on any atom is -0.221 e. The smallest absolute Gasteiger partial charge is 0.221 e. The minimum atomic E-state index is -5.40. The molecule has 14 heavy (non-hydrogen) atoms. The van der Waals surface area contributed by atoms with Gasteiger partial charge in [0.2, 0.25) is 0 Å². The summed E-state index contributed by atoms with van der Waals surface area (Å²) in [5.74, 6) is -5.11. The van der Waals surface area contributed by atoms with Gasteiger partial charge in [0.15, 0.2) is 0 Å². The Morgan fingerprint density at radius 3 is 1.50 bits per heavy atom. The molecular formula is C3H3F4NO4S2. The van der Waals surface area contributed by atoms with Crippen LogP contribution < -0.4 is 4.13 Å². The van der Waals surface area contributed by atoms with Crippen molar-refractivity contribution < 1.29 is 34.4 Å². The molecule has 1 heterocycles. The van der Waals surface area contributed by atoms with E-state index in [1.54, 1.807) is 0 Å². The maximum atomic E-state index is 12.4. The third-order valence-corrected chi connectivity index (χ3v) is 4.96. The van der Waals surface area contributed by atoms with Gasteiger partial charge in [0.05, 0.1) is 0 Å². The van der Waals surface area contributed by atoms with Gasteiger partial charge in [0.25, 0.3) is 31.1 Å². The second-order valence-corrected chi connectivity index (χ2v) is 6.15. The van der Waals surface area contributed by atoms with Crippen LogP contribution in [-0.2, 0) is 20.0 Å². The molecule has 0 amide bonds. The van der Waals surface area contributed by atoms with E-state index in [4.69, 9.17) is 0 Å². The van der Waals surface area contributed by atoms with Crippen molar-refractivity contribution in [2.45, 2.75) is 16.9 Å². The predicted octanol–water partition coefficient (Wildman–Crippen LogP) is -0.524. The molecular weight excluding hydrogens is 254 g/mol. The highest BCUT2D eigenvalue weighted by atomic mass is 32.3. The van der Waals surface area contributed by atoms with Gasteiger partial charge in [-0.15, -0.1) is 4.13 Å². The molecule has 1 aliphatic heterocycles. The van der Waals surface area contributed by atoms with Crippen molar-refractivity contribution in [2.24, 2.45) is 0 Å². The van der Waals surface area contributed by atoms with Crippen molar-refractivity contribution in [3.63, 3.8) is 0 Å². The standard InChI is InChI=1S/C3H3F4NO4S2/c4-1-3(6,7)2(5)14(11,12)8-13(1,9)10/h1-2,8H. The highest BCUT2D eigenvalue weighted by Gasteiger charge is 2.65. The van der Waals surface area contributed by atoms with Gasteiger partial charge in [0, 0.05) is 0 Å². The molecule has 0 spiro atoms. The van der Waals surface area contributed by atoms with E-state index in [9.17, 15) is 34.4 Å². The molecule has 0 aromatic heterocycles. The molecule has 1 rings (SSSR count). The van der Waals surface area contributed by atoms with E-state index in [2.05, 4.69) is 0 Å². The van der Waals surface area contributed by atoms with Crippen LogP contribution in [0.4, 0.5) is 17.6 Å². The fourth-order valence-corrected chi connectivity index (χ4v) is 3.89. The lowest BCUT2D eigenvalue weighted by Gasteiger charge is -2.28. The maximum Gasteiger partial charge on any atom is 0.340 e.